The highest BCUT2D eigenvalue weighted by Gasteiger charge is 2.45. The van der Waals surface area contributed by atoms with Gasteiger partial charge in [0.2, 0.25) is 0 Å². The van der Waals surface area contributed by atoms with Gasteiger partial charge in [0.1, 0.15) is 0 Å². The average Bonchev–Trinajstić information content (AvgIpc) is 3.01. The number of rotatable bonds is 3. The fourth-order valence-corrected chi connectivity index (χ4v) is 2.04. The first-order valence-electron chi connectivity index (χ1n) is 4.86. The molecule has 0 amide bonds. The van der Waals surface area contributed by atoms with Gasteiger partial charge in [0.25, 0.3) is 0 Å². The first-order chi connectivity index (χ1) is 7.13. The maximum Gasteiger partial charge on any atom is 0.168 e. The summed E-state index contributed by atoms with van der Waals surface area (Å²) in [6, 6.07) is 3.13. The van der Waals surface area contributed by atoms with Gasteiger partial charge in [0, 0.05) is 28.6 Å². The highest BCUT2D eigenvalue weighted by molar-refractivity contribution is 6.30. The third-order valence-corrected chi connectivity index (χ3v) is 3.26. The zero-order chi connectivity index (χ0) is 11.1. The van der Waals surface area contributed by atoms with Gasteiger partial charge in [0.05, 0.1) is 7.11 Å². The van der Waals surface area contributed by atoms with Crippen molar-refractivity contribution in [3.8, 4) is 5.75 Å². The number of benzene rings is 1. The predicted octanol–water partition coefficient (Wildman–Crippen LogP) is 2.48. The van der Waals surface area contributed by atoms with E-state index in [1.807, 2.05) is 0 Å². The van der Waals surface area contributed by atoms with Gasteiger partial charge in [-0.3, -0.25) is 0 Å². The molecule has 4 heteroatoms. The third-order valence-electron chi connectivity index (χ3n) is 3.04. The Balaban J connectivity index is 2.51. The molecule has 1 aliphatic rings. The van der Waals surface area contributed by atoms with Gasteiger partial charge in [-0.2, -0.15) is 0 Å². The van der Waals surface area contributed by atoms with Crippen molar-refractivity contribution in [2.24, 2.45) is 5.73 Å². The molecule has 2 N–H and O–H groups in total. The van der Waals surface area contributed by atoms with E-state index < -0.39 is 0 Å². The molecular formula is C11H13ClFNO. The van der Waals surface area contributed by atoms with E-state index in [4.69, 9.17) is 22.1 Å². The Bertz CT molecular complexity index is 390. The Kier molecular flexibility index (Phi) is 2.61. The zero-order valence-corrected chi connectivity index (χ0v) is 9.27. The van der Waals surface area contributed by atoms with Crippen LogP contribution in [0.3, 0.4) is 0 Å². The molecular weight excluding hydrogens is 217 g/mol. The molecule has 0 atom stereocenters. The summed E-state index contributed by atoms with van der Waals surface area (Å²) in [7, 11) is 1.43. The molecule has 0 saturated heterocycles. The van der Waals surface area contributed by atoms with Crippen molar-refractivity contribution in [3.05, 3.63) is 28.5 Å². The second kappa shape index (κ2) is 3.65. The van der Waals surface area contributed by atoms with Crippen molar-refractivity contribution in [3.63, 3.8) is 0 Å². The molecule has 0 aromatic heterocycles. The van der Waals surface area contributed by atoms with Gasteiger partial charge < -0.3 is 10.5 Å². The second-order valence-electron chi connectivity index (χ2n) is 3.95. The van der Waals surface area contributed by atoms with Crippen LogP contribution in [0.4, 0.5) is 4.39 Å². The molecule has 0 bridgehead atoms. The molecule has 0 heterocycles. The number of methoxy groups -OCH3 is 1. The third kappa shape index (κ3) is 1.70. The normalized spacial score (nSPS) is 17.6. The van der Waals surface area contributed by atoms with Crippen molar-refractivity contribution < 1.29 is 9.13 Å². The van der Waals surface area contributed by atoms with Crippen molar-refractivity contribution in [1.29, 1.82) is 0 Å². The van der Waals surface area contributed by atoms with Crippen LogP contribution in [0.1, 0.15) is 18.4 Å². The maximum atomic E-state index is 13.9. The molecule has 0 radical (unpaired) electrons. The quantitative estimate of drug-likeness (QED) is 0.864. The van der Waals surface area contributed by atoms with Crippen LogP contribution in [-0.2, 0) is 5.41 Å². The Labute approximate surface area is 93.2 Å². The average molecular weight is 230 g/mol. The van der Waals surface area contributed by atoms with Gasteiger partial charge in [0.15, 0.2) is 11.6 Å². The van der Waals surface area contributed by atoms with Crippen LogP contribution in [0.15, 0.2) is 12.1 Å². The molecule has 0 unspecified atom stereocenters. The van der Waals surface area contributed by atoms with E-state index in [1.54, 1.807) is 6.07 Å². The minimum atomic E-state index is -0.329. The molecule has 1 fully saturated rings. The van der Waals surface area contributed by atoms with Crippen LogP contribution in [-0.4, -0.2) is 13.7 Å². The van der Waals surface area contributed by atoms with E-state index >= 15 is 0 Å². The lowest BCUT2D eigenvalue weighted by Crippen LogP contribution is -2.21. The minimum Gasteiger partial charge on any atom is -0.494 e. The summed E-state index contributed by atoms with van der Waals surface area (Å²) in [4.78, 5) is 0. The lowest BCUT2D eigenvalue weighted by atomic mass is 9.95. The highest BCUT2D eigenvalue weighted by atomic mass is 35.5. The Hall–Kier alpha value is -0.800. The molecule has 15 heavy (non-hydrogen) atoms. The van der Waals surface area contributed by atoms with E-state index in [0.717, 1.165) is 12.8 Å². The van der Waals surface area contributed by atoms with Gasteiger partial charge in [-0.25, -0.2) is 4.39 Å². The molecule has 1 aliphatic carbocycles. The summed E-state index contributed by atoms with van der Waals surface area (Å²) < 4.78 is 18.9. The first kappa shape index (κ1) is 10.7. The van der Waals surface area contributed by atoms with Gasteiger partial charge in [-0.15, -0.1) is 0 Å². The zero-order valence-electron chi connectivity index (χ0n) is 8.52. The lowest BCUT2D eigenvalue weighted by Gasteiger charge is -2.16. The fraction of sp³-hybridized carbons (Fsp3) is 0.455. The molecule has 1 saturated carbocycles. The topological polar surface area (TPSA) is 35.2 Å². The number of hydrogen-bond acceptors (Lipinski definition) is 2. The molecule has 1 aromatic carbocycles. The van der Waals surface area contributed by atoms with E-state index in [9.17, 15) is 4.39 Å². The minimum absolute atomic E-state index is 0.192. The summed E-state index contributed by atoms with van der Waals surface area (Å²) in [6.45, 7) is 0.452. The Morgan fingerprint density at radius 3 is 2.67 bits per heavy atom. The number of nitrogens with two attached hydrogens (primary N) is 1. The van der Waals surface area contributed by atoms with Crippen molar-refractivity contribution >= 4 is 11.6 Å². The fourth-order valence-electron chi connectivity index (χ4n) is 1.83. The summed E-state index contributed by atoms with van der Waals surface area (Å²) >= 11 is 5.90. The van der Waals surface area contributed by atoms with E-state index in [0.29, 0.717) is 17.1 Å². The molecule has 2 rings (SSSR count). The largest absolute Gasteiger partial charge is 0.494 e. The summed E-state index contributed by atoms with van der Waals surface area (Å²) in [5, 5.41) is 0.489. The van der Waals surface area contributed by atoms with E-state index in [1.165, 1.54) is 13.2 Å². The number of ether oxygens (including phenoxy) is 1. The lowest BCUT2D eigenvalue weighted by molar-refractivity contribution is 0.381. The highest BCUT2D eigenvalue weighted by Crippen LogP contribution is 2.49. The molecule has 82 valence electrons. The summed E-state index contributed by atoms with van der Waals surface area (Å²) in [5.41, 5.74) is 6.05. The maximum absolute atomic E-state index is 13.9. The number of halogens is 2. The van der Waals surface area contributed by atoms with Crippen LogP contribution in [0.25, 0.3) is 0 Å². The van der Waals surface area contributed by atoms with E-state index in [2.05, 4.69) is 0 Å². The summed E-state index contributed by atoms with van der Waals surface area (Å²) in [5.74, 6) is -0.137. The molecule has 0 aliphatic heterocycles. The van der Waals surface area contributed by atoms with Crippen molar-refractivity contribution in [2.75, 3.05) is 13.7 Å². The Morgan fingerprint density at radius 2 is 2.20 bits per heavy atom. The van der Waals surface area contributed by atoms with Crippen LogP contribution in [0.5, 0.6) is 5.75 Å². The van der Waals surface area contributed by atoms with Crippen molar-refractivity contribution in [1.82, 2.24) is 0 Å². The van der Waals surface area contributed by atoms with Crippen LogP contribution in [0.2, 0.25) is 5.02 Å². The van der Waals surface area contributed by atoms with Gasteiger partial charge >= 0.3 is 0 Å². The number of hydrogen-bond donors (Lipinski definition) is 1. The van der Waals surface area contributed by atoms with Crippen LogP contribution in [0, 0.1) is 5.82 Å². The van der Waals surface area contributed by atoms with Gasteiger partial charge in [-0.05, 0) is 18.9 Å². The molecule has 0 spiro atoms. The standard InChI is InChI=1S/C11H13ClFNO/c1-15-9-5-7(12)4-8(10(9)13)11(6-14)2-3-11/h4-5H,2-3,6,14H2,1H3. The summed E-state index contributed by atoms with van der Waals surface area (Å²) in [6.07, 6.45) is 1.84. The monoisotopic (exact) mass is 229 g/mol. The molecule has 2 nitrogen and oxygen atoms in total. The SMILES string of the molecule is COc1cc(Cl)cc(C2(CN)CC2)c1F. The Morgan fingerprint density at radius 1 is 1.53 bits per heavy atom. The van der Waals surface area contributed by atoms with Gasteiger partial charge in [-0.1, -0.05) is 11.6 Å². The van der Waals surface area contributed by atoms with Crippen LogP contribution < -0.4 is 10.5 Å². The predicted molar refractivity (Wildman–Crippen MR) is 57.9 cm³/mol. The first-order valence-corrected chi connectivity index (χ1v) is 5.24. The smallest absolute Gasteiger partial charge is 0.168 e. The van der Waals surface area contributed by atoms with Crippen molar-refractivity contribution in [2.45, 2.75) is 18.3 Å². The van der Waals surface area contributed by atoms with Crippen LogP contribution >= 0.6 is 11.6 Å². The van der Waals surface area contributed by atoms with E-state index in [-0.39, 0.29) is 17.0 Å². The second-order valence-corrected chi connectivity index (χ2v) is 4.39. The molecule has 1 aromatic rings.